The maximum atomic E-state index is 13.4. The minimum atomic E-state index is -4.07. The summed E-state index contributed by atoms with van der Waals surface area (Å²) in [6.45, 7) is 1.46. The molecule has 0 saturated heterocycles. The summed E-state index contributed by atoms with van der Waals surface area (Å²) in [6, 6.07) is 15.3. The lowest BCUT2D eigenvalue weighted by Gasteiger charge is -2.22. The zero-order valence-electron chi connectivity index (χ0n) is 19.0. The Morgan fingerprint density at radius 2 is 1.86 bits per heavy atom. The summed E-state index contributed by atoms with van der Waals surface area (Å²) in [5.41, 5.74) is 3.37. The average molecular weight is 615 g/mol. The van der Waals surface area contributed by atoms with Gasteiger partial charge in [-0.3, -0.25) is 4.79 Å². The molecule has 0 aliphatic rings. The van der Waals surface area contributed by atoms with E-state index in [9.17, 15) is 18.3 Å². The SMILES string of the molecule is CCOc1cc(/C=N/NC(=O)CN(Cc2ccc(Cl)cc2Cl)S(=O)(=O)c2ccc(Br)cc2)ccc1O. The van der Waals surface area contributed by atoms with Crippen molar-refractivity contribution in [2.75, 3.05) is 13.2 Å². The number of amides is 1. The second kappa shape index (κ2) is 12.6. The first-order valence-corrected chi connectivity index (χ1v) is 13.6. The predicted molar refractivity (Wildman–Crippen MR) is 143 cm³/mol. The van der Waals surface area contributed by atoms with Crippen molar-refractivity contribution in [3.8, 4) is 11.5 Å². The van der Waals surface area contributed by atoms with Crippen molar-refractivity contribution in [3.05, 3.63) is 86.3 Å². The molecule has 12 heteroatoms. The van der Waals surface area contributed by atoms with Gasteiger partial charge in [0.1, 0.15) is 0 Å². The molecule has 0 bridgehead atoms. The van der Waals surface area contributed by atoms with E-state index in [0.29, 0.717) is 27.2 Å². The van der Waals surface area contributed by atoms with Crippen LogP contribution in [-0.4, -0.2) is 43.1 Å². The molecule has 0 heterocycles. The number of rotatable bonds is 10. The number of carbonyl (C=O) groups is 1. The molecule has 0 aromatic heterocycles. The van der Waals surface area contributed by atoms with Crippen LogP contribution in [0.2, 0.25) is 10.0 Å². The summed E-state index contributed by atoms with van der Waals surface area (Å²) in [6.07, 6.45) is 1.35. The second-order valence-corrected chi connectivity index (χ2v) is 11.1. The Morgan fingerprint density at radius 3 is 2.53 bits per heavy atom. The molecule has 0 saturated carbocycles. The van der Waals surface area contributed by atoms with E-state index in [4.69, 9.17) is 27.9 Å². The highest BCUT2D eigenvalue weighted by molar-refractivity contribution is 9.10. The number of halogens is 3. The third kappa shape index (κ3) is 7.44. The maximum absolute atomic E-state index is 13.4. The fourth-order valence-corrected chi connectivity index (χ4v) is 5.18. The summed E-state index contributed by atoms with van der Waals surface area (Å²) < 4.78 is 33.8. The molecule has 0 fully saturated rings. The van der Waals surface area contributed by atoms with Crippen LogP contribution in [0.15, 0.2) is 75.1 Å². The van der Waals surface area contributed by atoms with Crippen molar-refractivity contribution >= 4 is 61.3 Å². The lowest BCUT2D eigenvalue weighted by Crippen LogP contribution is -2.39. The van der Waals surface area contributed by atoms with Gasteiger partial charge in [-0.1, -0.05) is 45.2 Å². The standard InChI is InChI=1S/C24H22BrCl2N3O5S/c1-2-35-23-11-16(3-10-22(23)31)13-28-29-24(32)15-30(14-17-4-7-19(26)12-21(17)27)36(33,34)20-8-5-18(25)6-9-20/h3-13,31H,2,14-15H2,1H3,(H,29,32)/b28-13+. The summed E-state index contributed by atoms with van der Waals surface area (Å²) in [4.78, 5) is 12.7. The Labute approximate surface area is 227 Å². The Morgan fingerprint density at radius 1 is 1.14 bits per heavy atom. The number of phenols is 1. The number of carbonyl (C=O) groups excluding carboxylic acids is 1. The minimum Gasteiger partial charge on any atom is -0.504 e. The fourth-order valence-electron chi connectivity index (χ4n) is 3.08. The van der Waals surface area contributed by atoms with Gasteiger partial charge in [0.05, 0.1) is 24.3 Å². The molecule has 0 spiro atoms. The van der Waals surface area contributed by atoms with Gasteiger partial charge >= 0.3 is 0 Å². The van der Waals surface area contributed by atoms with Crippen molar-refractivity contribution in [3.63, 3.8) is 0 Å². The van der Waals surface area contributed by atoms with Crippen LogP contribution in [0.1, 0.15) is 18.1 Å². The zero-order valence-corrected chi connectivity index (χ0v) is 22.9. The van der Waals surface area contributed by atoms with Crippen molar-refractivity contribution in [1.82, 2.24) is 9.73 Å². The highest BCUT2D eigenvalue weighted by Gasteiger charge is 2.27. The monoisotopic (exact) mass is 613 g/mol. The van der Waals surface area contributed by atoms with Gasteiger partial charge in [0, 0.05) is 21.1 Å². The molecule has 0 radical (unpaired) electrons. The van der Waals surface area contributed by atoms with Gasteiger partial charge in [-0.15, -0.1) is 0 Å². The number of hydrogen-bond donors (Lipinski definition) is 2. The van der Waals surface area contributed by atoms with Crippen molar-refractivity contribution in [2.45, 2.75) is 18.4 Å². The summed E-state index contributed by atoms with van der Waals surface area (Å²) in [5.74, 6) is -0.409. The van der Waals surface area contributed by atoms with Gasteiger partial charge in [-0.2, -0.15) is 9.41 Å². The quantitative estimate of drug-likeness (QED) is 0.241. The molecule has 0 aliphatic heterocycles. The average Bonchev–Trinajstić information content (AvgIpc) is 2.82. The van der Waals surface area contributed by atoms with Crippen LogP contribution in [0.3, 0.4) is 0 Å². The first-order chi connectivity index (χ1) is 17.1. The molecule has 3 aromatic rings. The molecular weight excluding hydrogens is 593 g/mol. The van der Waals surface area contributed by atoms with E-state index >= 15 is 0 Å². The number of hydrazone groups is 1. The Bertz CT molecular complexity index is 1370. The van der Waals surface area contributed by atoms with Crippen LogP contribution in [-0.2, 0) is 21.4 Å². The van der Waals surface area contributed by atoms with Gasteiger partial charge in [0.2, 0.25) is 10.0 Å². The van der Waals surface area contributed by atoms with E-state index in [2.05, 4.69) is 26.5 Å². The number of ether oxygens (including phenoxy) is 1. The lowest BCUT2D eigenvalue weighted by molar-refractivity contribution is -0.121. The van der Waals surface area contributed by atoms with Crippen LogP contribution >= 0.6 is 39.1 Å². The summed E-state index contributed by atoms with van der Waals surface area (Å²) >= 11 is 15.5. The number of nitrogens with one attached hydrogen (secondary N) is 1. The van der Waals surface area contributed by atoms with E-state index in [1.807, 2.05) is 0 Å². The third-order valence-electron chi connectivity index (χ3n) is 4.82. The molecule has 0 aliphatic carbocycles. The van der Waals surface area contributed by atoms with Crippen LogP contribution in [0.4, 0.5) is 0 Å². The molecule has 0 unspecified atom stereocenters. The van der Waals surface area contributed by atoms with E-state index in [-0.39, 0.29) is 28.0 Å². The van der Waals surface area contributed by atoms with Gasteiger partial charge in [0.15, 0.2) is 11.5 Å². The fraction of sp³-hybridized carbons (Fsp3) is 0.167. The smallest absolute Gasteiger partial charge is 0.255 e. The van der Waals surface area contributed by atoms with Crippen molar-refractivity contribution in [2.24, 2.45) is 5.10 Å². The van der Waals surface area contributed by atoms with E-state index in [1.54, 1.807) is 43.3 Å². The molecule has 3 aromatic carbocycles. The molecular formula is C24H22BrCl2N3O5S. The largest absolute Gasteiger partial charge is 0.504 e. The molecule has 36 heavy (non-hydrogen) atoms. The topological polar surface area (TPSA) is 108 Å². The van der Waals surface area contributed by atoms with Crippen molar-refractivity contribution in [1.29, 1.82) is 0 Å². The van der Waals surface area contributed by atoms with Gasteiger partial charge in [-0.05, 0) is 72.6 Å². The molecule has 3 rings (SSSR count). The van der Waals surface area contributed by atoms with Crippen LogP contribution in [0.25, 0.3) is 0 Å². The molecule has 2 N–H and O–H groups in total. The van der Waals surface area contributed by atoms with Crippen molar-refractivity contribution < 1.29 is 23.1 Å². The number of sulfonamides is 1. The molecule has 1 amide bonds. The van der Waals surface area contributed by atoms with Crippen LogP contribution in [0.5, 0.6) is 11.5 Å². The van der Waals surface area contributed by atoms with Crippen LogP contribution < -0.4 is 10.2 Å². The Hall–Kier alpha value is -2.63. The highest BCUT2D eigenvalue weighted by Crippen LogP contribution is 2.27. The first-order valence-electron chi connectivity index (χ1n) is 10.6. The summed E-state index contributed by atoms with van der Waals surface area (Å²) in [5, 5.41) is 14.4. The first kappa shape index (κ1) is 27.9. The van der Waals surface area contributed by atoms with E-state index in [0.717, 1.165) is 4.31 Å². The number of hydrogen-bond acceptors (Lipinski definition) is 6. The Kier molecular flexibility index (Phi) is 9.75. The molecule has 190 valence electrons. The molecule has 8 nitrogen and oxygen atoms in total. The number of nitrogens with zero attached hydrogens (tertiary/aromatic N) is 2. The second-order valence-electron chi connectivity index (χ2n) is 7.42. The number of phenolic OH excluding ortho intramolecular Hbond substituents is 1. The number of benzene rings is 3. The molecule has 0 atom stereocenters. The van der Waals surface area contributed by atoms with Crippen LogP contribution in [0, 0.1) is 0 Å². The van der Waals surface area contributed by atoms with Gasteiger partial charge < -0.3 is 9.84 Å². The van der Waals surface area contributed by atoms with E-state index in [1.165, 1.54) is 30.5 Å². The normalized spacial score (nSPS) is 11.7. The van der Waals surface area contributed by atoms with E-state index < -0.39 is 22.5 Å². The lowest BCUT2D eigenvalue weighted by atomic mass is 10.2. The third-order valence-corrected chi connectivity index (χ3v) is 7.74. The predicted octanol–water partition coefficient (Wildman–Crippen LogP) is 5.20. The number of aromatic hydroxyl groups is 1. The minimum absolute atomic E-state index is 0.0136. The maximum Gasteiger partial charge on any atom is 0.255 e. The Balaban J connectivity index is 1.80. The van der Waals surface area contributed by atoms with Gasteiger partial charge in [0.25, 0.3) is 5.91 Å². The highest BCUT2D eigenvalue weighted by atomic mass is 79.9. The zero-order chi connectivity index (χ0) is 26.3. The summed E-state index contributed by atoms with van der Waals surface area (Å²) in [7, 11) is -4.07. The van der Waals surface area contributed by atoms with Gasteiger partial charge in [-0.25, -0.2) is 13.8 Å².